The molecule has 0 aliphatic heterocycles. The summed E-state index contributed by atoms with van der Waals surface area (Å²) >= 11 is 0. The third kappa shape index (κ3) is 9.80. The van der Waals surface area contributed by atoms with E-state index in [2.05, 4.69) is 267 Å². The summed E-state index contributed by atoms with van der Waals surface area (Å²) in [6, 6.07) is 62.1. The average molecular weight is 959 g/mol. The SMILES string of the molecule is CC(C)(C)c1ccc(-c2cc3nn(-c4ccc(C(C)(C)c5ccc(-n6nc7cc(-c8ccc(C(C)(C)C)cc8)c(-c8ccc(C(C)(C)C)cc8)cc7n6)cc5)cc4)nc3cc2-c2ccc(C(C)(C)C)cc2)cc1. The highest BCUT2D eigenvalue weighted by atomic mass is 15.5. The number of nitrogens with zero attached hydrogens (tertiary/aromatic N) is 6. The van der Waals surface area contributed by atoms with Crippen molar-refractivity contribution in [3.63, 3.8) is 0 Å². The second-order valence-electron chi connectivity index (χ2n) is 24.8. The molecule has 0 saturated heterocycles. The third-order valence-electron chi connectivity index (χ3n) is 14.9. The second kappa shape index (κ2) is 17.9. The lowest BCUT2D eigenvalue weighted by Crippen LogP contribution is -2.19. The van der Waals surface area contributed by atoms with E-state index < -0.39 is 0 Å². The van der Waals surface area contributed by atoms with Crippen LogP contribution in [0, 0.1) is 0 Å². The molecule has 0 N–H and O–H groups in total. The van der Waals surface area contributed by atoms with E-state index in [1.165, 1.54) is 33.4 Å². The summed E-state index contributed by atoms with van der Waals surface area (Å²) in [6.45, 7) is 31.6. The summed E-state index contributed by atoms with van der Waals surface area (Å²) < 4.78 is 0. The van der Waals surface area contributed by atoms with Crippen LogP contribution < -0.4 is 0 Å². The molecule has 73 heavy (non-hydrogen) atoms. The minimum absolute atomic E-state index is 0.0690. The summed E-state index contributed by atoms with van der Waals surface area (Å²) in [7, 11) is 0. The Hall–Kier alpha value is -7.44. The van der Waals surface area contributed by atoms with Gasteiger partial charge in [0.25, 0.3) is 0 Å². The molecule has 0 radical (unpaired) electrons. The molecule has 0 aliphatic carbocycles. The molecule has 10 rings (SSSR count). The Morgan fingerprint density at radius 2 is 0.438 bits per heavy atom. The van der Waals surface area contributed by atoms with Crippen LogP contribution in [0.1, 0.15) is 130 Å². The van der Waals surface area contributed by atoms with Crippen molar-refractivity contribution >= 4 is 22.1 Å². The van der Waals surface area contributed by atoms with E-state index in [1.54, 1.807) is 9.59 Å². The van der Waals surface area contributed by atoms with Crippen LogP contribution in [0.2, 0.25) is 0 Å². The van der Waals surface area contributed by atoms with Crippen molar-refractivity contribution in [2.45, 2.75) is 124 Å². The Kier molecular flexibility index (Phi) is 12.1. The van der Waals surface area contributed by atoms with Crippen LogP contribution in [-0.4, -0.2) is 30.0 Å². The Morgan fingerprint density at radius 1 is 0.247 bits per heavy atom. The molecule has 10 aromatic rings. The summed E-state index contributed by atoms with van der Waals surface area (Å²) in [5.74, 6) is 0. The molecule has 0 unspecified atom stereocenters. The number of hydrogen-bond acceptors (Lipinski definition) is 4. The first-order valence-electron chi connectivity index (χ1n) is 25.9. The first kappa shape index (κ1) is 49.2. The predicted molar refractivity (Wildman–Crippen MR) is 306 cm³/mol. The van der Waals surface area contributed by atoms with Gasteiger partial charge in [-0.3, -0.25) is 0 Å². The molecular formula is C67H70N6. The van der Waals surface area contributed by atoms with E-state index in [4.69, 9.17) is 20.4 Å². The minimum Gasteiger partial charge on any atom is -0.150 e. The van der Waals surface area contributed by atoms with Gasteiger partial charge < -0.3 is 0 Å². The fraction of sp³-hybridized carbons (Fsp3) is 0.284. The van der Waals surface area contributed by atoms with Crippen molar-refractivity contribution in [3.8, 4) is 55.9 Å². The molecule has 0 aliphatic rings. The number of rotatable bonds is 8. The maximum atomic E-state index is 5.06. The monoisotopic (exact) mass is 959 g/mol. The van der Waals surface area contributed by atoms with Crippen LogP contribution in [0.15, 0.2) is 170 Å². The fourth-order valence-electron chi connectivity index (χ4n) is 9.90. The molecule has 0 atom stereocenters. The van der Waals surface area contributed by atoms with Crippen molar-refractivity contribution in [3.05, 3.63) is 203 Å². The molecule has 368 valence electrons. The lowest BCUT2D eigenvalue weighted by molar-refractivity contribution is 0.590. The standard InChI is InChI=1S/C67H70N6/c1-63(2,3)47-23-15-43(16-24-47)55-39-59-60(40-56(55)44-17-25-48(26-18-44)64(4,5)6)69-72(68-59)53-35-31-51(32-36-53)67(13,14)52-33-37-54(38-34-52)73-70-61-41-57(45-19-27-49(28-20-45)65(7,8)9)58(42-62(61)71-73)46-21-29-50(30-22-46)66(10,11)12/h15-42H,1-14H3. The van der Waals surface area contributed by atoms with Crippen LogP contribution in [0.5, 0.6) is 0 Å². The number of fused-ring (bicyclic) bond motifs is 2. The van der Waals surface area contributed by atoms with Crippen molar-refractivity contribution in [2.75, 3.05) is 0 Å². The first-order valence-corrected chi connectivity index (χ1v) is 25.9. The highest BCUT2D eigenvalue weighted by Crippen LogP contribution is 2.40. The highest BCUT2D eigenvalue weighted by molar-refractivity contribution is 5.94. The Bertz CT molecular complexity index is 3170. The highest BCUT2D eigenvalue weighted by Gasteiger charge is 2.25. The quantitative estimate of drug-likeness (QED) is 0.152. The van der Waals surface area contributed by atoms with Gasteiger partial charge in [0.15, 0.2) is 0 Å². The summed E-state index contributed by atoms with van der Waals surface area (Å²) in [6.07, 6.45) is 0. The van der Waals surface area contributed by atoms with Crippen LogP contribution in [0.25, 0.3) is 77.9 Å². The molecule has 0 spiro atoms. The van der Waals surface area contributed by atoms with E-state index >= 15 is 0 Å². The minimum atomic E-state index is -0.286. The van der Waals surface area contributed by atoms with Crippen LogP contribution >= 0.6 is 0 Å². The van der Waals surface area contributed by atoms with E-state index in [1.807, 2.05) is 0 Å². The van der Waals surface area contributed by atoms with Gasteiger partial charge in [-0.2, -0.15) is 9.59 Å². The van der Waals surface area contributed by atoms with Gasteiger partial charge in [0, 0.05) is 5.41 Å². The largest absolute Gasteiger partial charge is 0.150 e. The zero-order chi connectivity index (χ0) is 51.8. The summed E-state index contributed by atoms with van der Waals surface area (Å²) in [4.78, 5) is 3.54. The van der Waals surface area contributed by atoms with Gasteiger partial charge >= 0.3 is 0 Å². The molecule has 6 nitrogen and oxygen atoms in total. The Balaban J connectivity index is 0.932. The third-order valence-corrected chi connectivity index (χ3v) is 14.9. The van der Waals surface area contributed by atoms with Gasteiger partial charge in [-0.05, 0) is 148 Å². The van der Waals surface area contributed by atoms with Crippen molar-refractivity contribution in [1.82, 2.24) is 30.0 Å². The van der Waals surface area contributed by atoms with Crippen LogP contribution in [0.3, 0.4) is 0 Å². The number of hydrogen-bond donors (Lipinski definition) is 0. The smallest absolute Gasteiger partial charge is 0.114 e. The van der Waals surface area contributed by atoms with Crippen molar-refractivity contribution in [1.29, 1.82) is 0 Å². The summed E-state index contributed by atoms with van der Waals surface area (Å²) in [5, 5.41) is 20.3. The van der Waals surface area contributed by atoms with Gasteiger partial charge in [0.05, 0.1) is 11.4 Å². The molecule has 0 fully saturated rings. The van der Waals surface area contributed by atoms with E-state index in [0.717, 1.165) is 77.9 Å². The molecule has 2 aromatic heterocycles. The maximum absolute atomic E-state index is 5.06. The van der Waals surface area contributed by atoms with Gasteiger partial charge in [0.1, 0.15) is 22.1 Å². The van der Waals surface area contributed by atoms with Gasteiger partial charge in [0.2, 0.25) is 0 Å². The van der Waals surface area contributed by atoms with Crippen LogP contribution in [-0.2, 0) is 27.1 Å². The normalized spacial score (nSPS) is 12.8. The second-order valence-corrected chi connectivity index (χ2v) is 24.8. The molecular weight excluding hydrogens is 889 g/mol. The molecule has 8 aromatic carbocycles. The molecule has 0 amide bonds. The van der Waals surface area contributed by atoms with Gasteiger partial charge in [-0.15, -0.1) is 20.4 Å². The fourth-order valence-corrected chi connectivity index (χ4v) is 9.90. The summed E-state index contributed by atoms with van der Waals surface area (Å²) in [5.41, 5.74) is 22.0. The van der Waals surface area contributed by atoms with Crippen molar-refractivity contribution in [2.24, 2.45) is 0 Å². The zero-order valence-corrected chi connectivity index (χ0v) is 45.3. The van der Waals surface area contributed by atoms with Gasteiger partial charge in [-0.25, -0.2) is 0 Å². The lowest BCUT2D eigenvalue weighted by Gasteiger charge is -2.26. The molecule has 0 saturated carbocycles. The van der Waals surface area contributed by atoms with E-state index in [-0.39, 0.29) is 27.1 Å². The number of benzene rings is 8. The van der Waals surface area contributed by atoms with Crippen LogP contribution in [0.4, 0.5) is 0 Å². The number of aromatic nitrogens is 6. The predicted octanol–water partition coefficient (Wildman–Crippen LogP) is 17.3. The average Bonchev–Trinajstić information content (AvgIpc) is 3.99. The molecule has 6 heteroatoms. The van der Waals surface area contributed by atoms with Crippen molar-refractivity contribution < 1.29 is 0 Å². The Labute approximate surface area is 433 Å². The first-order chi connectivity index (χ1) is 34.4. The lowest BCUT2D eigenvalue weighted by atomic mass is 9.78. The van der Waals surface area contributed by atoms with E-state index in [9.17, 15) is 0 Å². The van der Waals surface area contributed by atoms with E-state index in [0.29, 0.717) is 0 Å². The van der Waals surface area contributed by atoms with Gasteiger partial charge in [-0.1, -0.05) is 218 Å². The Morgan fingerprint density at radius 3 is 0.630 bits per heavy atom. The zero-order valence-electron chi connectivity index (χ0n) is 45.3. The topological polar surface area (TPSA) is 61.4 Å². The maximum Gasteiger partial charge on any atom is 0.114 e. The molecule has 2 heterocycles. The molecule has 0 bridgehead atoms.